The zero-order chi connectivity index (χ0) is 78.1. The first-order valence-corrected chi connectivity index (χ1v) is 37.3. The molecular weight excluding hydrogens is 1490 g/mol. The number of Topliss-reactive ketones (excluding diaryl/α,β-unsaturated/α-hetero) is 3. The van der Waals surface area contributed by atoms with Crippen LogP contribution in [-0.4, -0.2) is 173 Å². The molecule has 0 saturated carbocycles. The van der Waals surface area contributed by atoms with Gasteiger partial charge in [-0.2, -0.15) is 39.5 Å². The second kappa shape index (κ2) is 35.4. The zero-order valence-electron chi connectivity index (χ0n) is 61.4. The minimum Gasteiger partial charge on any atom is -0.495 e. The van der Waals surface area contributed by atoms with Crippen molar-refractivity contribution in [2.75, 3.05) is 127 Å². The number of carbonyl (C=O) groups is 3. The third-order valence-corrected chi connectivity index (χ3v) is 20.9. The highest BCUT2D eigenvalue weighted by molar-refractivity contribution is 6.33. The molecule has 0 N–H and O–H groups in total. The van der Waals surface area contributed by atoms with Crippen LogP contribution >= 0.6 is 34.8 Å². The summed E-state index contributed by atoms with van der Waals surface area (Å²) in [6.07, 6.45) is -2.05. The lowest BCUT2D eigenvalue weighted by Crippen LogP contribution is -2.48. The van der Waals surface area contributed by atoms with E-state index in [2.05, 4.69) is 63.3 Å². The van der Waals surface area contributed by atoms with E-state index >= 15 is 0 Å². The molecule has 0 amide bonds. The summed E-state index contributed by atoms with van der Waals surface area (Å²) >= 11 is 18.4. The Morgan fingerprint density at radius 3 is 1.24 bits per heavy atom. The second-order valence-corrected chi connectivity index (χ2v) is 28.8. The first kappa shape index (κ1) is 81.1. The van der Waals surface area contributed by atoms with E-state index in [4.69, 9.17) is 44.3 Å². The van der Waals surface area contributed by atoms with Gasteiger partial charge in [-0.05, 0) is 93.6 Å². The number of nitrogens with zero attached hydrogens (tertiary/aromatic N) is 12. The quantitative estimate of drug-likeness (QED) is 0.0443. The number of benzene rings is 4. The number of aromatic nitrogens is 6. The fraction of sp³-hybridized carbons (Fsp3) is 0.400. The Morgan fingerprint density at radius 1 is 0.459 bits per heavy atom. The van der Waals surface area contributed by atoms with Gasteiger partial charge >= 0.3 is 18.5 Å². The molecule has 4 aromatic carbocycles. The Kier molecular flexibility index (Phi) is 26.3. The first-order valence-electron chi connectivity index (χ1n) is 36.1. The van der Waals surface area contributed by atoms with E-state index in [1.807, 2.05) is 112 Å². The van der Waals surface area contributed by atoms with Crippen LogP contribution < -0.4 is 24.2 Å². The molecule has 3 fully saturated rings. The van der Waals surface area contributed by atoms with Gasteiger partial charge in [-0.1, -0.05) is 121 Å². The van der Waals surface area contributed by atoms with E-state index < -0.39 is 35.2 Å². The van der Waals surface area contributed by atoms with Crippen molar-refractivity contribution in [3.05, 3.63) is 200 Å². The Morgan fingerprint density at radius 2 is 0.835 bits per heavy atom. The molecule has 109 heavy (non-hydrogen) atoms. The number of hydrogen-bond donors (Lipinski definition) is 0. The van der Waals surface area contributed by atoms with Crippen LogP contribution in [-0.2, 0) is 51.0 Å². The van der Waals surface area contributed by atoms with Crippen LogP contribution in [0.4, 0.5) is 57.0 Å². The van der Waals surface area contributed by atoms with Crippen LogP contribution in [0.1, 0.15) is 99.4 Å². The molecule has 3 aliphatic rings. The molecule has 0 radical (unpaired) electrons. The summed E-state index contributed by atoms with van der Waals surface area (Å²) in [7, 11) is 3.26. The Labute approximate surface area is 641 Å². The fourth-order valence-electron chi connectivity index (χ4n) is 14.6. The number of ether oxygens (including phenoxy) is 2. The Hall–Kier alpha value is -8.92. The molecule has 3 saturated heterocycles. The van der Waals surface area contributed by atoms with Gasteiger partial charge < -0.3 is 37.9 Å². The SMILES string of the molecule is CCc1cccc2c(C(C)=O)cn(CCCN3CCN(c4ncc(C(F)(F)F)cc4Cl)CC3)c12.COc1cccc2c(C(=O)Cc3ccccc3)cn(CCCN3CCN(c4ncc(C(F)(F)F)cc4Cl)CC3)c12.COc1cccc2c(C(C)=O)cn(CC(C)CN3CCN(c4ncc(C(F)(F)F)cc4Cl)CC3)c12. The summed E-state index contributed by atoms with van der Waals surface area (Å²) in [5.41, 5.74) is 4.78. The molecular formula is C80H86Cl3F9N12O5. The average molecular weight is 1570 g/mol. The van der Waals surface area contributed by atoms with Crippen LogP contribution in [0.3, 0.4) is 0 Å². The number of halogens is 12. The van der Waals surface area contributed by atoms with E-state index in [-0.39, 0.29) is 38.3 Å². The highest BCUT2D eigenvalue weighted by atomic mass is 35.5. The normalized spacial score (nSPS) is 15.3. The lowest BCUT2D eigenvalue weighted by Gasteiger charge is -2.37. The molecule has 6 aromatic heterocycles. The van der Waals surface area contributed by atoms with Crippen molar-refractivity contribution in [3.63, 3.8) is 0 Å². The van der Waals surface area contributed by atoms with E-state index in [0.29, 0.717) is 80.8 Å². The van der Waals surface area contributed by atoms with Gasteiger partial charge in [0.25, 0.3) is 0 Å². The zero-order valence-corrected chi connectivity index (χ0v) is 63.6. The van der Waals surface area contributed by atoms with Gasteiger partial charge in [-0.3, -0.25) is 29.1 Å². The topological polar surface area (TPSA) is 143 Å². The monoisotopic (exact) mass is 1570 g/mol. The minimum absolute atomic E-state index is 0.00863. The third kappa shape index (κ3) is 19.6. The summed E-state index contributed by atoms with van der Waals surface area (Å²) in [6, 6.07) is 30.2. The Balaban J connectivity index is 0.000000163. The lowest BCUT2D eigenvalue weighted by atomic mass is 10.0. The number of hydrogen-bond acceptors (Lipinski definition) is 14. The average Bonchev–Trinajstić information content (AvgIpc) is 1.64. The predicted molar refractivity (Wildman–Crippen MR) is 410 cm³/mol. The van der Waals surface area contributed by atoms with E-state index in [9.17, 15) is 53.9 Å². The predicted octanol–water partition coefficient (Wildman–Crippen LogP) is 17.4. The number of piperazine rings is 3. The summed E-state index contributed by atoms with van der Waals surface area (Å²) in [5.74, 6) is 3.07. The number of pyridine rings is 3. The largest absolute Gasteiger partial charge is 0.495 e. The number of fused-ring (bicyclic) bond motifs is 3. The van der Waals surface area contributed by atoms with Crippen LogP contribution in [0.5, 0.6) is 11.5 Å². The number of rotatable bonds is 23. The number of para-hydroxylation sites is 3. The van der Waals surface area contributed by atoms with Crippen molar-refractivity contribution in [1.29, 1.82) is 0 Å². The number of alkyl halides is 9. The van der Waals surface area contributed by atoms with E-state index in [1.54, 1.807) is 28.1 Å². The Bertz CT molecular complexity index is 4830. The van der Waals surface area contributed by atoms with Crippen LogP contribution in [0.25, 0.3) is 32.7 Å². The van der Waals surface area contributed by atoms with E-state index in [1.165, 1.54) is 5.56 Å². The summed E-state index contributed by atoms with van der Waals surface area (Å²) in [4.78, 5) is 62.3. The van der Waals surface area contributed by atoms with Gasteiger partial charge in [0.1, 0.15) is 29.0 Å². The molecule has 580 valence electrons. The summed E-state index contributed by atoms with van der Waals surface area (Å²) < 4.78 is 134. The lowest BCUT2D eigenvalue weighted by molar-refractivity contribution is -0.138. The van der Waals surface area contributed by atoms with E-state index in [0.717, 1.165) is 183 Å². The van der Waals surface area contributed by atoms with Gasteiger partial charge in [-0.15, -0.1) is 0 Å². The number of carbonyl (C=O) groups excluding carboxylic acids is 3. The van der Waals surface area contributed by atoms with Gasteiger partial charge in [0.15, 0.2) is 17.3 Å². The molecule has 17 nitrogen and oxygen atoms in total. The van der Waals surface area contributed by atoms with Crippen LogP contribution in [0.2, 0.25) is 15.1 Å². The molecule has 3 aliphatic heterocycles. The first-order chi connectivity index (χ1) is 52.0. The van der Waals surface area contributed by atoms with Crippen molar-refractivity contribution in [2.45, 2.75) is 91.5 Å². The van der Waals surface area contributed by atoms with Crippen LogP contribution in [0.15, 0.2) is 140 Å². The van der Waals surface area contributed by atoms with Gasteiger partial charge in [0.05, 0.1) is 62.5 Å². The van der Waals surface area contributed by atoms with Gasteiger partial charge in [-0.25, -0.2) is 15.0 Å². The molecule has 10 aromatic rings. The number of anilines is 3. The van der Waals surface area contributed by atoms with Crippen LogP contribution in [0, 0.1) is 5.92 Å². The molecule has 13 rings (SSSR count). The maximum atomic E-state index is 13.3. The number of ketones is 3. The molecule has 0 spiro atoms. The fourth-order valence-corrected chi connectivity index (χ4v) is 15.4. The highest BCUT2D eigenvalue weighted by Gasteiger charge is 2.36. The molecule has 1 unspecified atom stereocenters. The molecule has 9 heterocycles. The smallest absolute Gasteiger partial charge is 0.417 e. The molecule has 29 heteroatoms. The van der Waals surface area contributed by atoms with Gasteiger partial charge in [0, 0.05) is 181 Å². The van der Waals surface area contributed by atoms with Crippen molar-refractivity contribution in [3.8, 4) is 11.5 Å². The van der Waals surface area contributed by atoms with Crippen molar-refractivity contribution < 1.29 is 63.4 Å². The maximum Gasteiger partial charge on any atom is 0.417 e. The van der Waals surface area contributed by atoms with Crippen molar-refractivity contribution in [2.24, 2.45) is 5.92 Å². The number of methoxy groups -OCH3 is 2. The second-order valence-electron chi connectivity index (χ2n) is 27.6. The van der Waals surface area contributed by atoms with Crippen molar-refractivity contribution >= 4 is 102 Å². The van der Waals surface area contributed by atoms with Crippen molar-refractivity contribution in [1.82, 2.24) is 43.4 Å². The maximum absolute atomic E-state index is 13.3. The standard InChI is InChI=1S/C30H30ClF3N4O2.C25H28ClF3N4O2.C25H28ClF3N4O/c1-40-27-10-5-9-23-24(26(39)17-21-7-3-2-4-8-21)20-38(28(23)27)12-6-11-36-13-15-37(16-14-36)29-25(31)18-22(19-35-29)30(32,33)34;1-16(14-33-15-20(17(2)34)19-5-4-6-22(35-3)23(19)33)13-31-7-9-32(10-8-31)24-21(26)11-18(12-30-24)25(27,28)29;1-3-18-6-4-7-20-21(17(2)34)16-33(23(18)20)9-5-8-31-10-12-32(13-11-31)24-22(26)14-19(15-30-24)25(27,28)29/h2-5,7-10,18-20H,6,11-17H2,1H3;4-6,11-12,15-16H,7-10,13-14H2,1-3H3;4,6-7,14-16H,3,5,8-13H2,1-2H3. The molecule has 0 aliphatic carbocycles. The molecule has 0 bridgehead atoms. The summed E-state index contributed by atoms with van der Waals surface area (Å²) in [6.45, 7) is 20.6. The van der Waals surface area contributed by atoms with Gasteiger partial charge in [0.2, 0.25) is 0 Å². The summed E-state index contributed by atoms with van der Waals surface area (Å²) in [5, 5.41) is 2.83. The number of aryl methyl sites for hydroxylation is 3. The third-order valence-electron chi connectivity index (χ3n) is 20.1. The highest BCUT2D eigenvalue weighted by Crippen LogP contribution is 2.39. The minimum atomic E-state index is -4.47. The molecule has 1 atom stereocenters.